The molecule has 0 radical (unpaired) electrons. The topological polar surface area (TPSA) is 107 Å². The van der Waals surface area contributed by atoms with Crippen LogP contribution in [0.1, 0.15) is 49.0 Å². The van der Waals surface area contributed by atoms with Crippen molar-refractivity contribution in [2.45, 2.75) is 44.9 Å². The summed E-state index contributed by atoms with van der Waals surface area (Å²) in [6.45, 7) is 5.71. The van der Waals surface area contributed by atoms with E-state index < -0.39 is 17.9 Å². The average Bonchev–Trinajstić information content (AvgIpc) is 3.38. The van der Waals surface area contributed by atoms with E-state index in [9.17, 15) is 9.59 Å². The molecule has 43 heavy (non-hydrogen) atoms. The highest BCUT2D eigenvalue weighted by Crippen LogP contribution is 2.36. The SMILES string of the molecule is CNn1ccc2cc(Oc3ccnc(NC(=O)c4ccc(C5CCN(C(=O)OC(C)(C)C)CC5F)cc4)c3)c(OC)cc21. The first-order valence-corrected chi connectivity index (χ1v) is 14.1. The molecule has 2 amide bonds. The molecule has 3 heterocycles. The smallest absolute Gasteiger partial charge is 0.410 e. The molecule has 2 N–H and O–H groups in total. The number of alkyl halides is 1. The first-order chi connectivity index (χ1) is 20.5. The summed E-state index contributed by atoms with van der Waals surface area (Å²) in [7, 11) is 3.40. The molecule has 1 aliphatic rings. The summed E-state index contributed by atoms with van der Waals surface area (Å²) in [5.41, 5.74) is 4.56. The molecule has 10 nitrogen and oxygen atoms in total. The van der Waals surface area contributed by atoms with Gasteiger partial charge in [0.1, 0.15) is 23.3 Å². The number of likely N-dealkylation sites (tertiary alicyclic amines) is 1. The van der Waals surface area contributed by atoms with Gasteiger partial charge < -0.3 is 29.9 Å². The number of nitrogens with zero attached hydrogens (tertiary/aromatic N) is 3. The molecule has 0 aliphatic carbocycles. The van der Waals surface area contributed by atoms with Crippen molar-refractivity contribution >= 4 is 28.7 Å². The van der Waals surface area contributed by atoms with Gasteiger partial charge in [0.05, 0.1) is 19.2 Å². The monoisotopic (exact) mass is 589 g/mol. The van der Waals surface area contributed by atoms with Crippen molar-refractivity contribution in [3.8, 4) is 17.2 Å². The Morgan fingerprint density at radius 2 is 1.81 bits per heavy atom. The second-order valence-electron chi connectivity index (χ2n) is 11.4. The molecule has 0 saturated carbocycles. The van der Waals surface area contributed by atoms with Gasteiger partial charge in [-0.15, -0.1) is 0 Å². The van der Waals surface area contributed by atoms with Crippen LogP contribution in [0.5, 0.6) is 17.2 Å². The normalized spacial score (nSPS) is 16.9. The van der Waals surface area contributed by atoms with E-state index in [1.165, 1.54) is 4.90 Å². The van der Waals surface area contributed by atoms with Crippen molar-refractivity contribution < 1.29 is 28.2 Å². The lowest BCUT2D eigenvalue weighted by Crippen LogP contribution is -2.46. The summed E-state index contributed by atoms with van der Waals surface area (Å²) in [4.78, 5) is 31.0. The van der Waals surface area contributed by atoms with Crippen LogP contribution in [0.2, 0.25) is 0 Å². The maximum absolute atomic E-state index is 15.1. The summed E-state index contributed by atoms with van der Waals surface area (Å²) >= 11 is 0. The third-order valence-corrected chi connectivity index (χ3v) is 7.21. The number of amides is 2. The van der Waals surface area contributed by atoms with Gasteiger partial charge in [-0.3, -0.25) is 9.47 Å². The Hall–Kier alpha value is -4.80. The fraction of sp³-hybridized carbons (Fsp3) is 0.344. The summed E-state index contributed by atoms with van der Waals surface area (Å²) < 4.78 is 34.0. The highest BCUT2D eigenvalue weighted by molar-refractivity contribution is 6.03. The molecule has 2 aromatic heterocycles. The van der Waals surface area contributed by atoms with Gasteiger partial charge in [0.25, 0.3) is 5.91 Å². The number of halogens is 1. The predicted molar refractivity (Wildman–Crippen MR) is 163 cm³/mol. The lowest BCUT2D eigenvalue weighted by Gasteiger charge is -2.35. The number of hydrogen-bond acceptors (Lipinski definition) is 7. The molecule has 0 spiro atoms. The van der Waals surface area contributed by atoms with Gasteiger partial charge in [-0.1, -0.05) is 12.1 Å². The molecule has 0 bridgehead atoms. The number of methoxy groups -OCH3 is 1. The third-order valence-electron chi connectivity index (χ3n) is 7.21. The Labute approximate surface area is 249 Å². The van der Waals surface area contributed by atoms with Gasteiger partial charge >= 0.3 is 6.09 Å². The van der Waals surface area contributed by atoms with Crippen molar-refractivity contribution in [2.75, 3.05) is 38.0 Å². The molecular weight excluding hydrogens is 553 g/mol. The second-order valence-corrected chi connectivity index (χ2v) is 11.4. The predicted octanol–water partition coefficient (Wildman–Crippen LogP) is 6.33. The lowest BCUT2D eigenvalue weighted by molar-refractivity contribution is 0.0111. The van der Waals surface area contributed by atoms with Crippen LogP contribution in [0, 0.1) is 0 Å². The summed E-state index contributed by atoms with van der Waals surface area (Å²) in [6, 6.07) is 15.9. The maximum atomic E-state index is 15.1. The average molecular weight is 590 g/mol. The number of benzene rings is 2. The first kappa shape index (κ1) is 29.7. The molecule has 2 unspecified atom stereocenters. The van der Waals surface area contributed by atoms with Crippen LogP contribution in [0.4, 0.5) is 15.0 Å². The Bertz CT molecular complexity index is 1610. The molecule has 4 aromatic rings. The Kier molecular flexibility index (Phi) is 8.43. The maximum Gasteiger partial charge on any atom is 0.410 e. The lowest BCUT2D eigenvalue weighted by atomic mass is 9.87. The first-order valence-electron chi connectivity index (χ1n) is 14.1. The number of anilines is 1. The molecule has 1 saturated heterocycles. The van der Waals surface area contributed by atoms with Crippen LogP contribution in [-0.4, -0.2) is 65.6 Å². The van der Waals surface area contributed by atoms with Gasteiger partial charge in [0.2, 0.25) is 0 Å². The van der Waals surface area contributed by atoms with Crippen molar-refractivity contribution in [2.24, 2.45) is 0 Å². The number of aromatic nitrogens is 2. The van der Waals surface area contributed by atoms with Crippen LogP contribution in [0.25, 0.3) is 10.9 Å². The van der Waals surface area contributed by atoms with Crippen LogP contribution >= 0.6 is 0 Å². The van der Waals surface area contributed by atoms with Crippen LogP contribution in [0.15, 0.2) is 67.0 Å². The minimum Gasteiger partial charge on any atom is -0.493 e. The van der Waals surface area contributed by atoms with Gasteiger partial charge in [-0.25, -0.2) is 14.2 Å². The summed E-state index contributed by atoms with van der Waals surface area (Å²) in [5, 5.41) is 3.76. The molecule has 2 aromatic carbocycles. The van der Waals surface area contributed by atoms with Crippen LogP contribution in [0.3, 0.4) is 0 Å². The second kappa shape index (κ2) is 12.2. The van der Waals surface area contributed by atoms with Gasteiger partial charge in [-0.2, -0.15) is 0 Å². The minimum absolute atomic E-state index is 0.0334. The van der Waals surface area contributed by atoms with Gasteiger partial charge in [0.15, 0.2) is 11.5 Å². The summed E-state index contributed by atoms with van der Waals surface area (Å²) in [6.07, 6.45) is 2.17. The zero-order valence-electron chi connectivity index (χ0n) is 24.9. The zero-order chi connectivity index (χ0) is 30.7. The third kappa shape index (κ3) is 6.82. The van der Waals surface area contributed by atoms with Crippen molar-refractivity contribution in [3.63, 3.8) is 0 Å². The number of carbonyl (C=O) groups is 2. The van der Waals surface area contributed by atoms with Gasteiger partial charge in [-0.05, 0) is 63.1 Å². The molecule has 1 fully saturated rings. The molecule has 226 valence electrons. The Balaban J connectivity index is 1.22. The Morgan fingerprint density at radius 1 is 1.05 bits per heavy atom. The van der Waals surface area contributed by atoms with E-state index in [2.05, 4.69) is 15.7 Å². The quantitative estimate of drug-likeness (QED) is 0.260. The molecule has 1 aliphatic heterocycles. The van der Waals surface area contributed by atoms with Crippen molar-refractivity contribution in [1.82, 2.24) is 14.6 Å². The zero-order valence-corrected chi connectivity index (χ0v) is 24.9. The number of ether oxygens (including phenoxy) is 3. The number of carbonyl (C=O) groups excluding carboxylic acids is 2. The van der Waals surface area contributed by atoms with E-state index in [1.807, 2.05) is 36.1 Å². The molecule has 11 heteroatoms. The van der Waals surface area contributed by atoms with Crippen LogP contribution in [-0.2, 0) is 4.74 Å². The fourth-order valence-corrected chi connectivity index (χ4v) is 5.09. The summed E-state index contributed by atoms with van der Waals surface area (Å²) in [5.74, 6) is 1.12. The number of pyridine rings is 1. The number of hydrogen-bond donors (Lipinski definition) is 2. The fourth-order valence-electron chi connectivity index (χ4n) is 5.09. The molecule has 5 rings (SSSR count). The van der Waals surface area contributed by atoms with Crippen molar-refractivity contribution in [1.29, 1.82) is 0 Å². The minimum atomic E-state index is -1.24. The number of rotatable bonds is 7. The standard InChI is InChI=1S/C32H36FN5O5/c1-32(2,3)43-31(40)37-14-12-24(25(33)19-37)20-6-8-21(9-7-20)30(39)36-29-17-23(10-13-35-29)42-28-16-22-11-15-38(34-4)26(22)18-27(28)41-5/h6-11,13,15-18,24-25,34H,12,14,19H2,1-5H3,(H,35,36,39). The highest BCUT2D eigenvalue weighted by Gasteiger charge is 2.34. The number of nitrogens with one attached hydrogen (secondary N) is 2. The largest absolute Gasteiger partial charge is 0.493 e. The Morgan fingerprint density at radius 3 is 2.49 bits per heavy atom. The van der Waals surface area contributed by atoms with E-state index in [0.29, 0.717) is 41.6 Å². The molecular formula is C32H36FN5O5. The van der Waals surface area contributed by atoms with Gasteiger partial charge in [0, 0.05) is 55.0 Å². The highest BCUT2D eigenvalue weighted by atomic mass is 19.1. The van der Waals surface area contributed by atoms with Crippen LogP contribution < -0.4 is 20.2 Å². The molecule has 2 atom stereocenters. The van der Waals surface area contributed by atoms with E-state index in [1.54, 1.807) is 70.5 Å². The van der Waals surface area contributed by atoms with E-state index >= 15 is 4.39 Å². The van der Waals surface area contributed by atoms with E-state index in [-0.39, 0.29) is 18.4 Å². The van der Waals surface area contributed by atoms with E-state index in [0.717, 1.165) is 16.5 Å². The van der Waals surface area contributed by atoms with E-state index in [4.69, 9.17) is 14.2 Å². The number of fused-ring (bicyclic) bond motifs is 1. The van der Waals surface area contributed by atoms with Crippen molar-refractivity contribution in [3.05, 3.63) is 78.1 Å². The number of piperidine rings is 1.